The standard InChI is InChI=1S/C23H20O3S/c1-16-7-9-17(10-8-16)20(24)14-23(27-19-5-3-2-4-6-19)18-11-12-21-22(13-18)26-15-25-21/h2-13,23H,14-15H2,1H3. The zero-order valence-corrected chi connectivity index (χ0v) is 15.9. The molecule has 1 unspecified atom stereocenters. The second-order valence-electron chi connectivity index (χ2n) is 6.53. The fraction of sp³-hybridized carbons (Fsp3) is 0.174. The van der Waals surface area contributed by atoms with Gasteiger partial charge in [-0.1, -0.05) is 54.1 Å². The number of fused-ring (bicyclic) bond motifs is 1. The van der Waals surface area contributed by atoms with E-state index in [0.29, 0.717) is 6.42 Å². The molecule has 3 aromatic carbocycles. The summed E-state index contributed by atoms with van der Waals surface area (Å²) in [5.41, 5.74) is 2.96. The van der Waals surface area contributed by atoms with Crippen LogP contribution in [0.4, 0.5) is 0 Å². The number of ether oxygens (including phenoxy) is 2. The summed E-state index contributed by atoms with van der Waals surface area (Å²) in [4.78, 5) is 14.0. The van der Waals surface area contributed by atoms with E-state index >= 15 is 0 Å². The SMILES string of the molecule is Cc1ccc(C(=O)CC(Sc2ccccc2)c2ccc3c(c2)OCO3)cc1. The predicted molar refractivity (Wildman–Crippen MR) is 108 cm³/mol. The van der Waals surface area contributed by atoms with Crippen LogP contribution in [-0.4, -0.2) is 12.6 Å². The molecule has 0 amide bonds. The maximum absolute atomic E-state index is 12.9. The molecule has 0 saturated carbocycles. The van der Waals surface area contributed by atoms with Gasteiger partial charge in [0.25, 0.3) is 0 Å². The summed E-state index contributed by atoms with van der Waals surface area (Å²) < 4.78 is 10.9. The largest absolute Gasteiger partial charge is 0.454 e. The van der Waals surface area contributed by atoms with E-state index in [1.165, 1.54) is 0 Å². The second kappa shape index (κ2) is 7.89. The Morgan fingerprint density at radius 2 is 1.70 bits per heavy atom. The Labute approximate surface area is 163 Å². The second-order valence-corrected chi connectivity index (χ2v) is 7.80. The van der Waals surface area contributed by atoms with Crippen LogP contribution in [0, 0.1) is 6.92 Å². The molecular formula is C23H20O3S. The van der Waals surface area contributed by atoms with E-state index in [4.69, 9.17) is 9.47 Å². The lowest BCUT2D eigenvalue weighted by Crippen LogP contribution is -2.05. The van der Waals surface area contributed by atoms with E-state index in [1.54, 1.807) is 11.8 Å². The van der Waals surface area contributed by atoms with Gasteiger partial charge in [0.1, 0.15) is 0 Å². The first-order valence-corrected chi connectivity index (χ1v) is 9.78. The summed E-state index contributed by atoms with van der Waals surface area (Å²) in [6, 6.07) is 23.9. The van der Waals surface area contributed by atoms with Gasteiger partial charge in [-0.25, -0.2) is 0 Å². The molecule has 3 nitrogen and oxygen atoms in total. The van der Waals surface area contributed by atoms with Gasteiger partial charge in [0.2, 0.25) is 6.79 Å². The van der Waals surface area contributed by atoms with Crippen molar-refractivity contribution in [1.82, 2.24) is 0 Å². The fourth-order valence-corrected chi connectivity index (χ4v) is 4.19. The predicted octanol–water partition coefficient (Wildman–Crippen LogP) is 5.83. The Morgan fingerprint density at radius 3 is 2.48 bits per heavy atom. The first-order valence-electron chi connectivity index (χ1n) is 8.90. The molecule has 0 aliphatic carbocycles. The van der Waals surface area contributed by atoms with Crippen molar-refractivity contribution in [3.63, 3.8) is 0 Å². The van der Waals surface area contributed by atoms with Crippen molar-refractivity contribution in [2.24, 2.45) is 0 Å². The Kier molecular flexibility index (Phi) is 5.16. The molecule has 0 fully saturated rings. The molecule has 0 N–H and O–H groups in total. The van der Waals surface area contributed by atoms with Gasteiger partial charge in [0.15, 0.2) is 17.3 Å². The van der Waals surface area contributed by atoms with E-state index < -0.39 is 0 Å². The van der Waals surface area contributed by atoms with Gasteiger partial charge in [-0.3, -0.25) is 4.79 Å². The summed E-state index contributed by atoms with van der Waals surface area (Å²) >= 11 is 1.70. The van der Waals surface area contributed by atoms with Gasteiger partial charge in [0, 0.05) is 22.1 Å². The minimum atomic E-state index is -0.00398. The minimum absolute atomic E-state index is 0.00398. The molecule has 4 rings (SSSR count). The number of rotatable bonds is 6. The third-order valence-electron chi connectivity index (χ3n) is 4.53. The van der Waals surface area contributed by atoms with Crippen LogP contribution in [0.5, 0.6) is 11.5 Å². The highest BCUT2D eigenvalue weighted by molar-refractivity contribution is 7.99. The molecule has 0 saturated heterocycles. The molecule has 3 aromatic rings. The highest BCUT2D eigenvalue weighted by Gasteiger charge is 2.22. The number of thioether (sulfide) groups is 1. The third-order valence-corrected chi connectivity index (χ3v) is 5.80. The van der Waals surface area contributed by atoms with Crippen molar-refractivity contribution in [3.05, 3.63) is 89.5 Å². The summed E-state index contributed by atoms with van der Waals surface area (Å²) in [6.07, 6.45) is 0.419. The smallest absolute Gasteiger partial charge is 0.231 e. The molecule has 1 aliphatic heterocycles. The molecule has 27 heavy (non-hydrogen) atoms. The van der Waals surface area contributed by atoms with Crippen LogP contribution >= 0.6 is 11.8 Å². The average Bonchev–Trinajstić information content (AvgIpc) is 3.16. The molecule has 0 bridgehead atoms. The van der Waals surface area contributed by atoms with Crippen molar-refractivity contribution >= 4 is 17.5 Å². The van der Waals surface area contributed by atoms with E-state index in [2.05, 4.69) is 12.1 Å². The monoisotopic (exact) mass is 376 g/mol. The molecule has 0 spiro atoms. The molecular weight excluding hydrogens is 356 g/mol. The Balaban J connectivity index is 1.61. The van der Waals surface area contributed by atoms with E-state index in [0.717, 1.165) is 33.1 Å². The van der Waals surface area contributed by atoms with E-state index in [1.807, 2.05) is 67.6 Å². The highest BCUT2D eigenvalue weighted by atomic mass is 32.2. The Morgan fingerprint density at radius 1 is 0.963 bits per heavy atom. The van der Waals surface area contributed by atoms with Crippen LogP contribution in [0.25, 0.3) is 0 Å². The zero-order valence-electron chi connectivity index (χ0n) is 15.1. The van der Waals surface area contributed by atoms with Gasteiger partial charge < -0.3 is 9.47 Å². The maximum atomic E-state index is 12.9. The maximum Gasteiger partial charge on any atom is 0.231 e. The van der Waals surface area contributed by atoms with Crippen molar-refractivity contribution in [2.45, 2.75) is 23.5 Å². The number of hydrogen-bond donors (Lipinski definition) is 0. The van der Waals surface area contributed by atoms with Gasteiger partial charge in [0.05, 0.1) is 0 Å². The van der Waals surface area contributed by atoms with Gasteiger partial charge in [-0.05, 0) is 36.8 Å². The number of ketones is 1. The van der Waals surface area contributed by atoms with Crippen molar-refractivity contribution in [2.75, 3.05) is 6.79 Å². The lowest BCUT2D eigenvalue weighted by molar-refractivity contribution is 0.0982. The molecule has 4 heteroatoms. The van der Waals surface area contributed by atoms with Crippen molar-refractivity contribution in [3.8, 4) is 11.5 Å². The quantitative estimate of drug-likeness (QED) is 0.400. The summed E-state index contributed by atoms with van der Waals surface area (Å²) in [5, 5.41) is -0.00398. The number of aryl methyl sites for hydroxylation is 1. The molecule has 1 heterocycles. The Bertz CT molecular complexity index is 936. The highest BCUT2D eigenvalue weighted by Crippen LogP contribution is 2.42. The normalized spacial score (nSPS) is 13.4. The van der Waals surface area contributed by atoms with Crippen LogP contribution in [0.3, 0.4) is 0 Å². The van der Waals surface area contributed by atoms with Crippen LogP contribution < -0.4 is 9.47 Å². The number of benzene rings is 3. The Hall–Kier alpha value is -2.72. The van der Waals surface area contributed by atoms with Crippen LogP contribution in [0.2, 0.25) is 0 Å². The summed E-state index contributed by atoms with van der Waals surface area (Å²) in [5.74, 6) is 1.64. The molecule has 1 atom stereocenters. The average molecular weight is 376 g/mol. The number of carbonyl (C=O) groups is 1. The van der Waals surface area contributed by atoms with Gasteiger partial charge in [-0.2, -0.15) is 0 Å². The lowest BCUT2D eigenvalue weighted by Gasteiger charge is -2.17. The number of carbonyl (C=O) groups excluding carboxylic acids is 1. The van der Waals surface area contributed by atoms with Gasteiger partial charge in [-0.15, -0.1) is 11.8 Å². The van der Waals surface area contributed by atoms with E-state index in [-0.39, 0.29) is 17.8 Å². The summed E-state index contributed by atoms with van der Waals surface area (Å²) in [7, 11) is 0. The van der Waals surface area contributed by atoms with Crippen LogP contribution in [0.1, 0.15) is 33.2 Å². The molecule has 0 aromatic heterocycles. The first-order chi connectivity index (χ1) is 13.2. The molecule has 136 valence electrons. The van der Waals surface area contributed by atoms with Crippen molar-refractivity contribution in [1.29, 1.82) is 0 Å². The van der Waals surface area contributed by atoms with Crippen molar-refractivity contribution < 1.29 is 14.3 Å². The first kappa shape index (κ1) is 17.7. The third kappa shape index (κ3) is 4.17. The number of hydrogen-bond acceptors (Lipinski definition) is 4. The lowest BCUT2D eigenvalue weighted by atomic mass is 10.0. The number of Topliss-reactive ketones (excluding diaryl/α,β-unsaturated/α-hetero) is 1. The summed E-state index contributed by atoms with van der Waals surface area (Å²) in [6.45, 7) is 2.27. The minimum Gasteiger partial charge on any atom is -0.454 e. The van der Waals surface area contributed by atoms with E-state index in [9.17, 15) is 4.79 Å². The zero-order chi connectivity index (χ0) is 18.6. The fourth-order valence-electron chi connectivity index (χ4n) is 3.03. The van der Waals surface area contributed by atoms with Crippen LogP contribution in [0.15, 0.2) is 77.7 Å². The van der Waals surface area contributed by atoms with Crippen LogP contribution in [-0.2, 0) is 0 Å². The van der Waals surface area contributed by atoms with Gasteiger partial charge >= 0.3 is 0 Å². The molecule has 0 radical (unpaired) electrons. The molecule has 1 aliphatic rings. The topological polar surface area (TPSA) is 35.5 Å².